The van der Waals surface area contributed by atoms with Gasteiger partial charge in [0.1, 0.15) is 0 Å². The third-order valence-corrected chi connectivity index (χ3v) is 3.01. The maximum absolute atomic E-state index is 10.7. The van der Waals surface area contributed by atoms with Crippen LogP contribution >= 0.6 is 22.6 Å². The summed E-state index contributed by atoms with van der Waals surface area (Å²) in [5, 5.41) is 8.82. The summed E-state index contributed by atoms with van der Waals surface area (Å²) in [4.78, 5) is 12.6. The molecule has 0 bridgehead atoms. The van der Waals surface area contributed by atoms with E-state index in [0.717, 1.165) is 5.56 Å². The fourth-order valence-electron chi connectivity index (χ4n) is 1.47. The zero-order chi connectivity index (χ0) is 12.7. The molecule has 0 unspecified atom stereocenters. The number of carbonyl (C=O) groups is 1. The fraction of sp³-hybridized carbons (Fsp3) is 0.417. The van der Waals surface area contributed by atoms with E-state index in [1.165, 1.54) is 3.57 Å². The highest BCUT2D eigenvalue weighted by molar-refractivity contribution is 14.1. The molecule has 0 aliphatic rings. The number of aliphatic carboxylic acids is 1. The van der Waals surface area contributed by atoms with Crippen LogP contribution in [0.5, 0.6) is 0 Å². The summed E-state index contributed by atoms with van der Waals surface area (Å²) < 4.78 is 6.15. The molecule has 0 atom stereocenters. The Bertz CT molecular complexity index is 353. The molecule has 0 fully saturated rings. The molecule has 0 heterocycles. The highest BCUT2D eigenvalue weighted by Gasteiger charge is 2.09. The number of halogens is 1. The van der Waals surface area contributed by atoms with E-state index in [9.17, 15) is 4.79 Å². The minimum Gasteiger partial charge on any atom is -0.480 e. The Morgan fingerprint density at radius 1 is 1.41 bits per heavy atom. The first-order valence-electron chi connectivity index (χ1n) is 5.29. The Labute approximate surface area is 115 Å². The molecule has 4 nitrogen and oxygen atoms in total. The molecule has 17 heavy (non-hydrogen) atoms. The van der Waals surface area contributed by atoms with Gasteiger partial charge in [-0.2, -0.15) is 0 Å². The van der Waals surface area contributed by atoms with Crippen LogP contribution in [0.1, 0.15) is 5.56 Å². The van der Waals surface area contributed by atoms with Crippen molar-refractivity contribution >= 4 is 28.6 Å². The van der Waals surface area contributed by atoms with Gasteiger partial charge in [0.25, 0.3) is 0 Å². The lowest BCUT2D eigenvalue weighted by atomic mass is 10.2. The van der Waals surface area contributed by atoms with Crippen molar-refractivity contribution in [3.63, 3.8) is 0 Å². The van der Waals surface area contributed by atoms with Crippen molar-refractivity contribution < 1.29 is 14.6 Å². The Morgan fingerprint density at radius 3 is 2.59 bits per heavy atom. The first kappa shape index (κ1) is 14.4. The van der Waals surface area contributed by atoms with E-state index in [1.807, 2.05) is 29.2 Å². The number of carboxylic acid groups (broad SMARTS) is 1. The lowest BCUT2D eigenvalue weighted by molar-refractivity contribution is -0.138. The van der Waals surface area contributed by atoms with Crippen LogP contribution in [0.4, 0.5) is 0 Å². The zero-order valence-electron chi connectivity index (χ0n) is 9.73. The Morgan fingerprint density at radius 2 is 2.06 bits per heavy atom. The summed E-state index contributed by atoms with van der Waals surface area (Å²) in [6.07, 6.45) is 0. The summed E-state index contributed by atoms with van der Waals surface area (Å²) in [5.74, 6) is -0.813. The third kappa shape index (κ3) is 5.99. The van der Waals surface area contributed by atoms with Gasteiger partial charge in [0.05, 0.1) is 13.2 Å². The summed E-state index contributed by atoms with van der Waals surface area (Å²) in [7, 11) is 1.61. The standard InChI is InChI=1S/C12H16INO3/c1-17-7-6-14(9-12(15)16)8-10-2-4-11(13)5-3-10/h2-5H,6-9H2,1H3,(H,15,16). The molecule has 1 aromatic rings. The zero-order valence-corrected chi connectivity index (χ0v) is 11.9. The maximum Gasteiger partial charge on any atom is 0.317 e. The van der Waals surface area contributed by atoms with Crippen molar-refractivity contribution in [3.05, 3.63) is 33.4 Å². The van der Waals surface area contributed by atoms with Crippen LogP contribution in [-0.4, -0.2) is 42.8 Å². The van der Waals surface area contributed by atoms with Gasteiger partial charge in [-0.3, -0.25) is 9.69 Å². The van der Waals surface area contributed by atoms with Crippen LogP contribution in [0.2, 0.25) is 0 Å². The molecule has 0 saturated carbocycles. The van der Waals surface area contributed by atoms with Gasteiger partial charge in [0.15, 0.2) is 0 Å². The minimum absolute atomic E-state index is 0.0371. The molecule has 94 valence electrons. The molecule has 0 spiro atoms. The molecule has 1 rings (SSSR count). The van der Waals surface area contributed by atoms with E-state index >= 15 is 0 Å². The second-order valence-corrected chi connectivity index (χ2v) is 4.97. The Balaban J connectivity index is 2.57. The number of benzene rings is 1. The van der Waals surface area contributed by atoms with Crippen LogP contribution in [0.25, 0.3) is 0 Å². The number of nitrogens with zero attached hydrogens (tertiary/aromatic N) is 1. The van der Waals surface area contributed by atoms with Gasteiger partial charge in [-0.05, 0) is 40.3 Å². The van der Waals surface area contributed by atoms with Gasteiger partial charge in [0, 0.05) is 23.8 Å². The number of methoxy groups -OCH3 is 1. The topological polar surface area (TPSA) is 49.8 Å². The van der Waals surface area contributed by atoms with Crippen molar-refractivity contribution in [2.45, 2.75) is 6.54 Å². The van der Waals surface area contributed by atoms with Crippen LogP contribution in [0.15, 0.2) is 24.3 Å². The second kappa shape index (κ2) is 7.62. The summed E-state index contributed by atoms with van der Waals surface area (Å²) >= 11 is 2.25. The monoisotopic (exact) mass is 349 g/mol. The number of hydrogen-bond donors (Lipinski definition) is 1. The van der Waals surface area contributed by atoms with Gasteiger partial charge >= 0.3 is 5.97 Å². The molecular weight excluding hydrogens is 333 g/mol. The first-order chi connectivity index (χ1) is 8.11. The summed E-state index contributed by atoms with van der Waals surface area (Å²) in [6.45, 7) is 1.83. The maximum atomic E-state index is 10.7. The van der Waals surface area contributed by atoms with E-state index in [0.29, 0.717) is 19.7 Å². The van der Waals surface area contributed by atoms with Crippen molar-refractivity contribution in [1.82, 2.24) is 4.90 Å². The molecule has 0 amide bonds. The van der Waals surface area contributed by atoms with Crippen LogP contribution < -0.4 is 0 Å². The largest absolute Gasteiger partial charge is 0.480 e. The quantitative estimate of drug-likeness (QED) is 0.763. The molecule has 1 aromatic carbocycles. The fourth-order valence-corrected chi connectivity index (χ4v) is 1.83. The van der Waals surface area contributed by atoms with Crippen molar-refractivity contribution in [3.8, 4) is 0 Å². The minimum atomic E-state index is -0.813. The van der Waals surface area contributed by atoms with Crippen LogP contribution in [0, 0.1) is 3.57 Å². The molecule has 0 aromatic heterocycles. The van der Waals surface area contributed by atoms with Gasteiger partial charge in [-0.15, -0.1) is 0 Å². The molecular formula is C12H16INO3. The van der Waals surface area contributed by atoms with Gasteiger partial charge in [0.2, 0.25) is 0 Å². The van der Waals surface area contributed by atoms with E-state index in [1.54, 1.807) is 7.11 Å². The second-order valence-electron chi connectivity index (χ2n) is 3.72. The average molecular weight is 349 g/mol. The van der Waals surface area contributed by atoms with Crippen molar-refractivity contribution in [2.24, 2.45) is 0 Å². The van der Waals surface area contributed by atoms with Gasteiger partial charge in [-0.25, -0.2) is 0 Å². The molecule has 0 aliphatic carbocycles. The van der Waals surface area contributed by atoms with Crippen LogP contribution in [-0.2, 0) is 16.1 Å². The average Bonchev–Trinajstić information content (AvgIpc) is 2.28. The number of hydrogen-bond acceptors (Lipinski definition) is 3. The molecule has 0 aliphatic heterocycles. The Hall–Kier alpha value is -0.660. The highest BCUT2D eigenvalue weighted by atomic mass is 127. The molecule has 1 N–H and O–H groups in total. The molecule has 5 heteroatoms. The lowest BCUT2D eigenvalue weighted by Gasteiger charge is -2.19. The smallest absolute Gasteiger partial charge is 0.317 e. The van der Waals surface area contributed by atoms with Crippen molar-refractivity contribution in [1.29, 1.82) is 0 Å². The molecule has 0 saturated heterocycles. The predicted molar refractivity (Wildman–Crippen MR) is 73.9 cm³/mol. The van der Waals surface area contributed by atoms with Gasteiger partial charge < -0.3 is 9.84 Å². The van der Waals surface area contributed by atoms with E-state index < -0.39 is 5.97 Å². The number of carboxylic acids is 1. The summed E-state index contributed by atoms with van der Waals surface area (Å²) in [6, 6.07) is 8.07. The lowest BCUT2D eigenvalue weighted by Crippen LogP contribution is -2.32. The predicted octanol–water partition coefficient (Wildman–Crippen LogP) is 1.82. The van der Waals surface area contributed by atoms with Gasteiger partial charge in [-0.1, -0.05) is 12.1 Å². The Kier molecular flexibility index (Phi) is 6.46. The van der Waals surface area contributed by atoms with E-state index in [-0.39, 0.29) is 6.54 Å². The van der Waals surface area contributed by atoms with E-state index in [2.05, 4.69) is 22.6 Å². The van der Waals surface area contributed by atoms with E-state index in [4.69, 9.17) is 9.84 Å². The SMILES string of the molecule is COCCN(CC(=O)O)Cc1ccc(I)cc1. The highest BCUT2D eigenvalue weighted by Crippen LogP contribution is 2.09. The third-order valence-electron chi connectivity index (χ3n) is 2.29. The summed E-state index contributed by atoms with van der Waals surface area (Å²) in [5.41, 5.74) is 1.11. The number of ether oxygens (including phenoxy) is 1. The van der Waals surface area contributed by atoms with Crippen LogP contribution in [0.3, 0.4) is 0 Å². The van der Waals surface area contributed by atoms with Crippen molar-refractivity contribution in [2.75, 3.05) is 26.8 Å². The number of rotatable bonds is 7. The normalized spacial score (nSPS) is 10.8. The first-order valence-corrected chi connectivity index (χ1v) is 6.37. The molecule has 0 radical (unpaired) electrons.